The van der Waals surface area contributed by atoms with E-state index in [1.807, 2.05) is 0 Å². The lowest BCUT2D eigenvalue weighted by Crippen LogP contribution is -2.13. The van der Waals surface area contributed by atoms with Crippen molar-refractivity contribution in [2.45, 2.75) is 19.1 Å². The zero-order chi connectivity index (χ0) is 12.5. The molecule has 1 aromatic heterocycles. The van der Waals surface area contributed by atoms with Gasteiger partial charge in [0.2, 0.25) is 0 Å². The molecule has 0 atom stereocenters. The SMILES string of the molecule is NCc1ncc(C(F)(F)F)c(C(F)F)c1O. The average molecular weight is 242 g/mol. The summed E-state index contributed by atoms with van der Waals surface area (Å²) >= 11 is 0. The summed E-state index contributed by atoms with van der Waals surface area (Å²) in [7, 11) is 0. The van der Waals surface area contributed by atoms with Crippen LogP contribution in [0.5, 0.6) is 5.75 Å². The topological polar surface area (TPSA) is 59.1 Å². The third-order valence-electron chi connectivity index (χ3n) is 1.89. The van der Waals surface area contributed by atoms with E-state index in [0.717, 1.165) is 0 Å². The van der Waals surface area contributed by atoms with E-state index in [1.54, 1.807) is 0 Å². The van der Waals surface area contributed by atoms with Gasteiger partial charge in [-0.05, 0) is 0 Å². The van der Waals surface area contributed by atoms with Crippen LogP contribution >= 0.6 is 0 Å². The minimum Gasteiger partial charge on any atom is -0.505 e. The number of aromatic nitrogens is 1. The van der Waals surface area contributed by atoms with Gasteiger partial charge in [-0.15, -0.1) is 0 Å². The maximum Gasteiger partial charge on any atom is 0.418 e. The molecule has 90 valence electrons. The van der Waals surface area contributed by atoms with Crippen molar-refractivity contribution in [2.24, 2.45) is 5.73 Å². The zero-order valence-corrected chi connectivity index (χ0v) is 7.72. The Kier molecular flexibility index (Phi) is 3.32. The number of nitrogens with two attached hydrogens (primary N) is 1. The van der Waals surface area contributed by atoms with Crippen LogP contribution in [0, 0.1) is 0 Å². The highest BCUT2D eigenvalue weighted by Gasteiger charge is 2.38. The summed E-state index contributed by atoms with van der Waals surface area (Å²) in [6.45, 7) is -0.427. The van der Waals surface area contributed by atoms with E-state index in [-0.39, 0.29) is 6.20 Å². The van der Waals surface area contributed by atoms with Crippen molar-refractivity contribution in [1.82, 2.24) is 4.98 Å². The first-order valence-corrected chi connectivity index (χ1v) is 4.05. The highest BCUT2D eigenvalue weighted by molar-refractivity contribution is 5.43. The Labute approximate surface area is 86.7 Å². The van der Waals surface area contributed by atoms with Crippen molar-refractivity contribution in [3.8, 4) is 5.75 Å². The predicted molar refractivity (Wildman–Crippen MR) is 43.8 cm³/mol. The van der Waals surface area contributed by atoms with Gasteiger partial charge >= 0.3 is 6.18 Å². The Hall–Kier alpha value is -1.44. The lowest BCUT2D eigenvalue weighted by Gasteiger charge is -2.14. The molecule has 0 bridgehead atoms. The zero-order valence-electron chi connectivity index (χ0n) is 7.72. The highest BCUT2D eigenvalue weighted by atomic mass is 19.4. The van der Waals surface area contributed by atoms with Crippen LogP contribution < -0.4 is 5.73 Å². The van der Waals surface area contributed by atoms with E-state index < -0.39 is 41.7 Å². The average Bonchev–Trinajstić information content (AvgIpc) is 2.15. The second-order valence-electron chi connectivity index (χ2n) is 2.88. The van der Waals surface area contributed by atoms with Gasteiger partial charge in [-0.2, -0.15) is 13.2 Å². The van der Waals surface area contributed by atoms with Crippen LogP contribution in [0.15, 0.2) is 6.20 Å². The first kappa shape index (κ1) is 12.6. The van der Waals surface area contributed by atoms with Crippen molar-refractivity contribution in [1.29, 1.82) is 0 Å². The molecule has 0 aliphatic rings. The minimum absolute atomic E-state index is 0.239. The third-order valence-corrected chi connectivity index (χ3v) is 1.89. The summed E-state index contributed by atoms with van der Waals surface area (Å²) in [6, 6.07) is 0. The molecule has 0 radical (unpaired) electrons. The molecule has 1 aromatic rings. The van der Waals surface area contributed by atoms with Crippen LogP contribution in [-0.2, 0) is 12.7 Å². The van der Waals surface area contributed by atoms with E-state index >= 15 is 0 Å². The molecule has 1 heterocycles. The van der Waals surface area contributed by atoms with Crippen LogP contribution in [0.25, 0.3) is 0 Å². The lowest BCUT2D eigenvalue weighted by atomic mass is 10.1. The summed E-state index contributed by atoms with van der Waals surface area (Å²) in [4.78, 5) is 3.18. The van der Waals surface area contributed by atoms with Gasteiger partial charge in [0.05, 0.1) is 16.8 Å². The molecule has 0 aromatic carbocycles. The van der Waals surface area contributed by atoms with Crippen molar-refractivity contribution in [2.75, 3.05) is 0 Å². The first-order chi connectivity index (χ1) is 7.29. The van der Waals surface area contributed by atoms with Gasteiger partial charge in [-0.25, -0.2) is 8.78 Å². The van der Waals surface area contributed by atoms with Crippen molar-refractivity contribution >= 4 is 0 Å². The molecule has 0 unspecified atom stereocenters. The van der Waals surface area contributed by atoms with Crippen LogP contribution in [0.4, 0.5) is 22.0 Å². The Morgan fingerprint density at radius 2 is 1.94 bits per heavy atom. The Morgan fingerprint density at radius 1 is 1.38 bits per heavy atom. The van der Waals surface area contributed by atoms with Gasteiger partial charge in [0, 0.05) is 12.7 Å². The Bertz CT molecular complexity index is 391. The predicted octanol–water partition coefficient (Wildman–Crippen LogP) is 2.20. The fraction of sp³-hybridized carbons (Fsp3) is 0.375. The quantitative estimate of drug-likeness (QED) is 0.781. The molecule has 16 heavy (non-hydrogen) atoms. The maximum absolute atomic E-state index is 12.4. The number of hydrogen-bond acceptors (Lipinski definition) is 3. The van der Waals surface area contributed by atoms with Gasteiger partial charge in [0.25, 0.3) is 6.43 Å². The molecule has 0 saturated carbocycles. The van der Waals surface area contributed by atoms with Gasteiger partial charge in [-0.3, -0.25) is 4.98 Å². The second kappa shape index (κ2) is 4.20. The largest absolute Gasteiger partial charge is 0.505 e. The third kappa shape index (κ3) is 2.21. The molecule has 0 amide bonds. The van der Waals surface area contributed by atoms with Crippen LogP contribution in [0.2, 0.25) is 0 Å². The molecule has 0 saturated heterocycles. The molecule has 3 nitrogen and oxygen atoms in total. The fourth-order valence-corrected chi connectivity index (χ4v) is 1.15. The molecule has 0 aliphatic heterocycles. The van der Waals surface area contributed by atoms with Crippen molar-refractivity contribution < 1.29 is 27.1 Å². The van der Waals surface area contributed by atoms with Gasteiger partial charge in [-0.1, -0.05) is 0 Å². The molecule has 8 heteroatoms. The number of alkyl halides is 5. The highest BCUT2D eigenvalue weighted by Crippen LogP contribution is 2.41. The van der Waals surface area contributed by atoms with Crippen LogP contribution in [0.3, 0.4) is 0 Å². The van der Waals surface area contributed by atoms with E-state index in [1.165, 1.54) is 0 Å². The molecule has 1 rings (SSSR count). The summed E-state index contributed by atoms with van der Waals surface area (Å²) in [5, 5.41) is 9.18. The van der Waals surface area contributed by atoms with Crippen molar-refractivity contribution in [3.63, 3.8) is 0 Å². The molecule has 0 spiro atoms. The van der Waals surface area contributed by atoms with Gasteiger partial charge in [0.1, 0.15) is 5.75 Å². The number of hydrogen-bond donors (Lipinski definition) is 2. The molecular weight excluding hydrogens is 235 g/mol. The Morgan fingerprint density at radius 3 is 2.31 bits per heavy atom. The smallest absolute Gasteiger partial charge is 0.418 e. The molecular formula is C8H7F5N2O. The summed E-state index contributed by atoms with van der Waals surface area (Å²) in [6.07, 6.45) is -8.21. The molecule has 3 N–H and O–H groups in total. The number of rotatable bonds is 2. The number of pyridine rings is 1. The second-order valence-corrected chi connectivity index (χ2v) is 2.88. The van der Waals surface area contributed by atoms with E-state index in [9.17, 15) is 27.1 Å². The van der Waals surface area contributed by atoms with E-state index in [0.29, 0.717) is 0 Å². The van der Waals surface area contributed by atoms with Gasteiger partial charge in [0.15, 0.2) is 0 Å². The number of halogens is 5. The standard InChI is InChI=1S/C8H7F5N2O/c9-7(10)5-3(8(11,12)13)2-15-4(1-14)6(5)16/h2,7,16H,1,14H2. The summed E-state index contributed by atoms with van der Waals surface area (Å²) < 4.78 is 61.7. The number of aromatic hydroxyl groups is 1. The van der Waals surface area contributed by atoms with Crippen LogP contribution in [0.1, 0.15) is 23.2 Å². The van der Waals surface area contributed by atoms with E-state index in [2.05, 4.69) is 4.98 Å². The normalized spacial score (nSPS) is 12.2. The Balaban J connectivity index is 3.47. The number of nitrogens with zero attached hydrogens (tertiary/aromatic N) is 1. The lowest BCUT2D eigenvalue weighted by molar-refractivity contribution is -0.140. The minimum atomic E-state index is -5.00. The van der Waals surface area contributed by atoms with Gasteiger partial charge < -0.3 is 10.8 Å². The molecule has 0 aliphatic carbocycles. The first-order valence-electron chi connectivity index (χ1n) is 4.05. The summed E-state index contributed by atoms with van der Waals surface area (Å²) in [5.74, 6) is -1.20. The fourth-order valence-electron chi connectivity index (χ4n) is 1.15. The van der Waals surface area contributed by atoms with E-state index in [4.69, 9.17) is 5.73 Å². The summed E-state index contributed by atoms with van der Waals surface area (Å²) in [5.41, 5.74) is 1.49. The molecule has 0 fully saturated rings. The van der Waals surface area contributed by atoms with Crippen molar-refractivity contribution in [3.05, 3.63) is 23.0 Å². The monoisotopic (exact) mass is 242 g/mol. The van der Waals surface area contributed by atoms with Crippen LogP contribution in [-0.4, -0.2) is 10.1 Å². The maximum atomic E-state index is 12.4.